The maximum atomic E-state index is 12.6. The number of hydrogen-bond acceptors (Lipinski definition) is 5. The van der Waals surface area contributed by atoms with Crippen molar-refractivity contribution >= 4 is 51.7 Å². The summed E-state index contributed by atoms with van der Waals surface area (Å²) in [7, 11) is 0. The van der Waals surface area contributed by atoms with Crippen LogP contribution < -0.4 is 20.7 Å². The summed E-state index contributed by atoms with van der Waals surface area (Å²) in [5.41, 5.74) is 5.21. The van der Waals surface area contributed by atoms with Crippen LogP contribution in [0.5, 0.6) is 5.75 Å². The molecule has 5 rings (SSSR count). The Morgan fingerprint density at radius 2 is 1.75 bits per heavy atom. The first-order valence-corrected chi connectivity index (χ1v) is 14.8. The Hall–Kier alpha value is -4.66. The fourth-order valence-electron chi connectivity index (χ4n) is 4.62. The average Bonchev–Trinajstić information content (AvgIpc) is 3.03. The number of benzene rings is 3. The van der Waals surface area contributed by atoms with Gasteiger partial charge in [-0.3, -0.25) is 9.78 Å². The molecule has 1 atom stereocenters. The molecular weight excluding hydrogens is 597 g/mol. The molecule has 0 aliphatic rings. The summed E-state index contributed by atoms with van der Waals surface area (Å²) < 4.78 is 6.14. The second kappa shape index (κ2) is 14.2. The number of rotatable bonds is 10. The maximum Gasteiger partial charge on any atom is 0.315 e. The van der Waals surface area contributed by atoms with Crippen LogP contribution >= 0.6 is 23.2 Å². The van der Waals surface area contributed by atoms with Gasteiger partial charge < -0.3 is 20.7 Å². The molecule has 0 aliphatic carbocycles. The predicted molar refractivity (Wildman–Crippen MR) is 175 cm³/mol. The molecule has 0 bridgehead atoms. The quantitative estimate of drug-likeness (QED) is 0.147. The standard InChI is InChI=1S/C34H31Cl2N5O3/c1-21(17-38-34(43)39-18-23-9-12-26(13-10-23)41-33(42)25-6-4-16-37-19-25)27-14-15-29(35)28(31(27)36)20-44-30-7-3-5-24-11-8-22(2)40-32(24)30/h3-16,19,21H,17-18,20H2,1-2H3,(H,41,42)(H2,38,39,43). The fourth-order valence-corrected chi connectivity index (χ4v) is 5.29. The van der Waals surface area contributed by atoms with E-state index in [-0.39, 0.29) is 24.5 Å². The van der Waals surface area contributed by atoms with Gasteiger partial charge in [0, 0.05) is 52.8 Å². The van der Waals surface area contributed by atoms with Gasteiger partial charge in [-0.05, 0) is 66.4 Å². The van der Waals surface area contributed by atoms with E-state index in [9.17, 15) is 9.59 Å². The number of fused-ring (bicyclic) bond motifs is 1. The molecule has 224 valence electrons. The molecule has 3 aromatic carbocycles. The van der Waals surface area contributed by atoms with Gasteiger partial charge in [-0.25, -0.2) is 9.78 Å². The van der Waals surface area contributed by atoms with Crippen LogP contribution in [0.15, 0.2) is 91.3 Å². The third kappa shape index (κ3) is 7.64. The summed E-state index contributed by atoms with van der Waals surface area (Å²) in [5.74, 6) is 0.322. The van der Waals surface area contributed by atoms with Gasteiger partial charge in [-0.15, -0.1) is 0 Å². The van der Waals surface area contributed by atoms with Gasteiger partial charge in [0.2, 0.25) is 0 Å². The number of pyridine rings is 2. The van der Waals surface area contributed by atoms with E-state index in [0.717, 1.165) is 27.7 Å². The molecule has 1 unspecified atom stereocenters. The van der Waals surface area contributed by atoms with Crippen molar-refractivity contribution < 1.29 is 14.3 Å². The number of nitrogens with one attached hydrogen (secondary N) is 3. The number of halogens is 2. The zero-order valence-electron chi connectivity index (χ0n) is 24.2. The molecule has 5 aromatic rings. The number of carbonyl (C=O) groups excluding carboxylic acids is 2. The van der Waals surface area contributed by atoms with Gasteiger partial charge >= 0.3 is 6.03 Å². The van der Waals surface area contributed by atoms with Crippen LogP contribution in [0.25, 0.3) is 10.9 Å². The second-order valence-electron chi connectivity index (χ2n) is 10.4. The number of carbonyl (C=O) groups is 2. The third-order valence-electron chi connectivity index (χ3n) is 7.10. The van der Waals surface area contributed by atoms with E-state index in [1.807, 2.05) is 62.4 Å². The number of aromatic nitrogens is 2. The van der Waals surface area contributed by atoms with Gasteiger partial charge in [-0.2, -0.15) is 0 Å². The average molecular weight is 629 g/mol. The minimum Gasteiger partial charge on any atom is -0.487 e. The van der Waals surface area contributed by atoms with E-state index in [1.165, 1.54) is 6.20 Å². The zero-order valence-corrected chi connectivity index (χ0v) is 25.7. The minimum atomic E-state index is -0.307. The van der Waals surface area contributed by atoms with Crippen molar-refractivity contribution in [3.63, 3.8) is 0 Å². The molecule has 0 radical (unpaired) electrons. The number of ether oxygens (including phenoxy) is 1. The number of para-hydroxylation sites is 1. The predicted octanol–water partition coefficient (Wildman–Crippen LogP) is 7.68. The molecule has 2 aromatic heterocycles. The first kappa shape index (κ1) is 30.8. The topological polar surface area (TPSA) is 105 Å². The lowest BCUT2D eigenvalue weighted by Gasteiger charge is -2.18. The van der Waals surface area contributed by atoms with Gasteiger partial charge in [0.1, 0.15) is 17.9 Å². The van der Waals surface area contributed by atoms with Crippen LogP contribution in [0.3, 0.4) is 0 Å². The Bertz CT molecular complexity index is 1780. The highest BCUT2D eigenvalue weighted by Gasteiger charge is 2.18. The van der Waals surface area contributed by atoms with Crippen molar-refractivity contribution in [2.24, 2.45) is 0 Å². The van der Waals surface area contributed by atoms with Crippen LogP contribution in [0.2, 0.25) is 10.0 Å². The fraction of sp³-hybridized carbons (Fsp3) is 0.176. The summed E-state index contributed by atoms with van der Waals surface area (Å²) in [6.07, 6.45) is 3.12. The molecule has 3 N–H and O–H groups in total. The molecule has 2 heterocycles. The Balaban J connectivity index is 1.13. The van der Waals surface area contributed by atoms with E-state index < -0.39 is 0 Å². The van der Waals surface area contributed by atoms with Crippen LogP contribution in [-0.2, 0) is 13.2 Å². The Morgan fingerprint density at radius 1 is 0.932 bits per heavy atom. The summed E-state index contributed by atoms with van der Waals surface area (Å²) in [4.78, 5) is 33.4. The zero-order chi connectivity index (χ0) is 31.1. The van der Waals surface area contributed by atoms with Crippen molar-refractivity contribution in [1.82, 2.24) is 20.6 Å². The van der Waals surface area contributed by atoms with Crippen molar-refractivity contribution in [3.05, 3.63) is 129 Å². The van der Waals surface area contributed by atoms with Crippen LogP contribution in [0.1, 0.15) is 45.6 Å². The highest BCUT2D eigenvalue weighted by atomic mass is 35.5. The van der Waals surface area contributed by atoms with E-state index in [2.05, 4.69) is 25.9 Å². The molecule has 0 saturated carbocycles. The van der Waals surface area contributed by atoms with E-state index in [0.29, 0.717) is 45.7 Å². The number of anilines is 1. The summed E-state index contributed by atoms with van der Waals surface area (Å²) in [6.45, 7) is 4.78. The van der Waals surface area contributed by atoms with E-state index in [4.69, 9.17) is 27.9 Å². The number of aryl methyl sites for hydroxylation is 1. The Labute approximate surface area is 265 Å². The molecule has 8 nitrogen and oxygen atoms in total. The van der Waals surface area contributed by atoms with Crippen molar-refractivity contribution in [2.75, 3.05) is 11.9 Å². The summed E-state index contributed by atoms with van der Waals surface area (Å²) >= 11 is 13.3. The largest absolute Gasteiger partial charge is 0.487 e. The molecule has 10 heteroatoms. The van der Waals surface area contributed by atoms with Crippen LogP contribution in [0.4, 0.5) is 10.5 Å². The van der Waals surface area contributed by atoms with E-state index >= 15 is 0 Å². The maximum absolute atomic E-state index is 12.6. The van der Waals surface area contributed by atoms with Crippen molar-refractivity contribution in [3.8, 4) is 5.75 Å². The lowest BCUT2D eigenvalue weighted by atomic mass is 9.99. The van der Waals surface area contributed by atoms with Crippen LogP contribution in [0, 0.1) is 6.92 Å². The number of urea groups is 1. The molecule has 0 fully saturated rings. The van der Waals surface area contributed by atoms with Crippen molar-refractivity contribution in [1.29, 1.82) is 0 Å². The molecule has 0 aliphatic heterocycles. The summed E-state index contributed by atoms with van der Waals surface area (Å²) in [5, 5.41) is 10.6. The molecule has 3 amide bonds. The molecule has 0 saturated heterocycles. The van der Waals surface area contributed by atoms with Gasteiger partial charge in [-0.1, -0.05) is 66.5 Å². The van der Waals surface area contributed by atoms with E-state index in [1.54, 1.807) is 36.5 Å². The van der Waals surface area contributed by atoms with Gasteiger partial charge in [0.25, 0.3) is 5.91 Å². The molecule has 0 spiro atoms. The SMILES string of the molecule is Cc1ccc2cccc(OCc3c(Cl)ccc(C(C)CNC(=O)NCc4ccc(NC(=O)c5cccnc5)cc4)c3Cl)c2n1. The summed E-state index contributed by atoms with van der Waals surface area (Å²) in [6, 6.07) is 23.8. The molecule has 44 heavy (non-hydrogen) atoms. The molecular formula is C34H31Cl2N5O3. The Kier molecular flexibility index (Phi) is 9.94. The minimum absolute atomic E-state index is 0.0890. The normalized spacial score (nSPS) is 11.5. The number of nitrogens with zero attached hydrogens (tertiary/aromatic N) is 2. The first-order chi connectivity index (χ1) is 21.3. The second-order valence-corrected chi connectivity index (χ2v) is 11.1. The number of amides is 3. The smallest absolute Gasteiger partial charge is 0.315 e. The van der Waals surface area contributed by atoms with Gasteiger partial charge in [0.15, 0.2) is 0 Å². The first-order valence-electron chi connectivity index (χ1n) is 14.1. The number of hydrogen-bond donors (Lipinski definition) is 3. The Morgan fingerprint density at radius 3 is 2.52 bits per heavy atom. The lowest BCUT2D eigenvalue weighted by Crippen LogP contribution is -2.37. The van der Waals surface area contributed by atoms with Gasteiger partial charge in [0.05, 0.1) is 10.6 Å². The highest BCUT2D eigenvalue weighted by Crippen LogP contribution is 2.34. The van der Waals surface area contributed by atoms with Crippen LogP contribution in [-0.4, -0.2) is 28.5 Å². The van der Waals surface area contributed by atoms with Crippen molar-refractivity contribution in [2.45, 2.75) is 32.9 Å². The lowest BCUT2D eigenvalue weighted by molar-refractivity contribution is 0.102. The highest BCUT2D eigenvalue weighted by molar-refractivity contribution is 6.36. The third-order valence-corrected chi connectivity index (χ3v) is 7.90. The monoisotopic (exact) mass is 627 g/mol.